The number of ether oxygens (including phenoxy) is 2. The first-order valence-electron chi connectivity index (χ1n) is 12.0. The molecule has 204 valence electrons. The van der Waals surface area contributed by atoms with E-state index in [-0.39, 0.29) is 28.9 Å². The smallest absolute Gasteiger partial charge is 0.417 e. The zero-order valence-corrected chi connectivity index (χ0v) is 21.7. The third-order valence-corrected chi connectivity index (χ3v) is 6.25. The van der Waals surface area contributed by atoms with Gasteiger partial charge in [0, 0.05) is 38.0 Å². The molecule has 0 saturated carbocycles. The summed E-state index contributed by atoms with van der Waals surface area (Å²) in [7, 11) is 2.83. The number of piperidine rings is 1. The maximum Gasteiger partial charge on any atom is 0.417 e. The molecule has 1 atom stereocenters. The van der Waals surface area contributed by atoms with Crippen LogP contribution in [0.5, 0.6) is 0 Å². The molecule has 1 N–H and O–H groups in total. The highest BCUT2D eigenvalue weighted by molar-refractivity contribution is 5.94. The maximum atomic E-state index is 14.2. The highest BCUT2D eigenvalue weighted by atomic mass is 19.4. The molecule has 0 spiro atoms. The summed E-state index contributed by atoms with van der Waals surface area (Å²) in [5.74, 6) is -1.23. The van der Waals surface area contributed by atoms with Gasteiger partial charge in [0.25, 0.3) is 0 Å². The van der Waals surface area contributed by atoms with E-state index < -0.39 is 29.0 Å². The Morgan fingerprint density at radius 3 is 2.53 bits per heavy atom. The number of halogens is 3. The Labute approximate surface area is 217 Å². The summed E-state index contributed by atoms with van der Waals surface area (Å²) >= 11 is 0. The van der Waals surface area contributed by atoms with Gasteiger partial charge >= 0.3 is 12.1 Å². The van der Waals surface area contributed by atoms with Gasteiger partial charge < -0.3 is 19.7 Å². The van der Waals surface area contributed by atoms with E-state index in [0.29, 0.717) is 24.4 Å². The van der Waals surface area contributed by atoms with Crippen LogP contribution in [0.15, 0.2) is 24.5 Å². The van der Waals surface area contributed by atoms with Gasteiger partial charge in [-0.3, -0.25) is 4.79 Å². The molecule has 38 heavy (non-hydrogen) atoms. The van der Waals surface area contributed by atoms with Gasteiger partial charge in [-0.15, -0.1) is 5.10 Å². The minimum absolute atomic E-state index is 0.0876. The molecule has 10 nitrogen and oxygen atoms in total. The lowest BCUT2D eigenvalue weighted by molar-refractivity contribution is -0.137. The van der Waals surface area contributed by atoms with Crippen LogP contribution in [0, 0.1) is 5.41 Å². The molecule has 1 aliphatic rings. The van der Waals surface area contributed by atoms with Crippen molar-refractivity contribution in [2.24, 2.45) is 5.41 Å². The van der Waals surface area contributed by atoms with Gasteiger partial charge in [-0.25, -0.2) is 19.3 Å². The van der Waals surface area contributed by atoms with Crippen molar-refractivity contribution < 1.29 is 32.2 Å². The van der Waals surface area contributed by atoms with Crippen LogP contribution in [0.3, 0.4) is 0 Å². The Kier molecular flexibility index (Phi) is 7.33. The van der Waals surface area contributed by atoms with Gasteiger partial charge in [0.05, 0.1) is 29.9 Å². The van der Waals surface area contributed by atoms with E-state index in [0.717, 1.165) is 25.1 Å². The molecular weight excluding hydrogens is 505 g/mol. The average molecular weight is 535 g/mol. The Balaban J connectivity index is 1.87. The third-order valence-electron chi connectivity index (χ3n) is 6.25. The number of esters is 1. The highest BCUT2D eigenvalue weighted by Gasteiger charge is 2.36. The van der Waals surface area contributed by atoms with E-state index in [1.54, 1.807) is 27.9 Å². The van der Waals surface area contributed by atoms with E-state index in [2.05, 4.69) is 20.4 Å². The van der Waals surface area contributed by atoms with Crippen LogP contribution in [0.2, 0.25) is 0 Å². The van der Waals surface area contributed by atoms with Crippen LogP contribution >= 0.6 is 0 Å². The van der Waals surface area contributed by atoms with Crippen molar-refractivity contribution in [2.45, 2.75) is 45.9 Å². The molecule has 3 aromatic rings. The summed E-state index contributed by atoms with van der Waals surface area (Å²) in [6, 6.07) is 2.30. The predicted octanol–water partition coefficient (Wildman–Crippen LogP) is 4.20. The van der Waals surface area contributed by atoms with E-state index in [9.17, 15) is 22.8 Å². The monoisotopic (exact) mass is 534 g/mol. The minimum atomic E-state index is -4.79. The molecule has 0 radical (unpaired) electrons. The van der Waals surface area contributed by atoms with Crippen LogP contribution in [0.1, 0.15) is 49.5 Å². The van der Waals surface area contributed by atoms with Gasteiger partial charge in [-0.2, -0.15) is 13.2 Å². The number of carbonyl (C=O) groups excluding carboxylic acids is 2. The number of aromatic nitrogens is 4. The zero-order valence-electron chi connectivity index (χ0n) is 21.7. The van der Waals surface area contributed by atoms with Crippen molar-refractivity contribution >= 4 is 29.0 Å². The van der Waals surface area contributed by atoms with Crippen molar-refractivity contribution in [3.05, 3.63) is 35.7 Å². The second-order valence-electron chi connectivity index (χ2n) is 10.1. The number of hydrogen-bond acceptors (Lipinski definition) is 8. The fraction of sp³-hybridized carbons (Fsp3) is 0.480. The second kappa shape index (κ2) is 10.2. The van der Waals surface area contributed by atoms with E-state index in [1.165, 1.54) is 23.9 Å². The Bertz CT molecular complexity index is 1370. The van der Waals surface area contributed by atoms with Crippen molar-refractivity contribution in [2.75, 3.05) is 37.5 Å². The molecule has 0 aromatic carbocycles. The number of pyridine rings is 1. The molecular formula is C25H29F3N6O4. The molecule has 1 amide bonds. The third kappa shape index (κ3) is 5.57. The summed E-state index contributed by atoms with van der Waals surface area (Å²) in [6.45, 7) is 5.97. The summed E-state index contributed by atoms with van der Waals surface area (Å²) in [5.41, 5.74) is -1.66. The molecule has 1 fully saturated rings. The predicted molar refractivity (Wildman–Crippen MR) is 133 cm³/mol. The molecule has 4 rings (SSSR count). The van der Waals surface area contributed by atoms with Gasteiger partial charge in [-0.05, 0) is 25.0 Å². The highest BCUT2D eigenvalue weighted by Crippen LogP contribution is 2.38. The standard InChI is InChI=1S/C25H29F3N6O4/c1-24(2,3)23(36)30-19-10-17(25(26,27)28)16(11-29-19)20-31-21(33-8-6-7-15(13-33)37-4)18-9-14(22(35)38-5)12-34(18)32-20/h9-12,15H,6-8,13H2,1-5H3,(H,29,30,36). The lowest BCUT2D eigenvalue weighted by atomic mass is 9.96. The first-order chi connectivity index (χ1) is 17.8. The molecule has 3 aromatic heterocycles. The summed E-state index contributed by atoms with van der Waals surface area (Å²) in [5, 5.41) is 6.72. The SMILES string of the molecule is COC(=O)c1cc2c(N3CCCC(OC)C3)nc(-c3cnc(NC(=O)C(C)(C)C)cc3C(F)(F)F)nn2c1. The lowest BCUT2D eigenvalue weighted by Gasteiger charge is -2.33. The fourth-order valence-corrected chi connectivity index (χ4v) is 4.12. The van der Waals surface area contributed by atoms with Crippen molar-refractivity contribution in [1.82, 2.24) is 19.6 Å². The number of methoxy groups -OCH3 is 2. The summed E-state index contributed by atoms with van der Waals surface area (Å²) in [4.78, 5) is 35.0. The van der Waals surface area contributed by atoms with Gasteiger partial charge in [0.1, 0.15) is 11.3 Å². The largest absolute Gasteiger partial charge is 0.465 e. The van der Waals surface area contributed by atoms with Crippen LogP contribution in [0.4, 0.5) is 24.8 Å². The van der Waals surface area contributed by atoms with Crippen LogP contribution in [-0.4, -0.2) is 64.9 Å². The van der Waals surface area contributed by atoms with Gasteiger partial charge in [0.2, 0.25) is 5.91 Å². The number of fused-ring (bicyclic) bond motifs is 1. The first kappa shape index (κ1) is 27.3. The number of rotatable bonds is 5. The van der Waals surface area contributed by atoms with Crippen molar-refractivity contribution in [1.29, 1.82) is 0 Å². The molecule has 1 aliphatic heterocycles. The summed E-state index contributed by atoms with van der Waals surface area (Å²) < 4.78 is 54.3. The number of anilines is 2. The number of nitrogens with zero attached hydrogens (tertiary/aromatic N) is 5. The summed E-state index contributed by atoms with van der Waals surface area (Å²) in [6.07, 6.45) is -0.892. The number of nitrogens with one attached hydrogen (secondary N) is 1. The Hall–Kier alpha value is -3.74. The van der Waals surface area contributed by atoms with Crippen LogP contribution in [-0.2, 0) is 20.4 Å². The van der Waals surface area contributed by atoms with Gasteiger partial charge in [-0.1, -0.05) is 20.8 Å². The molecule has 1 unspecified atom stereocenters. The molecule has 0 aliphatic carbocycles. The number of amides is 1. The maximum absolute atomic E-state index is 14.2. The normalized spacial score (nSPS) is 16.5. The van der Waals surface area contributed by atoms with E-state index in [4.69, 9.17) is 9.47 Å². The molecule has 1 saturated heterocycles. The van der Waals surface area contributed by atoms with Crippen LogP contribution < -0.4 is 10.2 Å². The zero-order chi connectivity index (χ0) is 27.8. The van der Waals surface area contributed by atoms with Crippen LogP contribution in [0.25, 0.3) is 16.9 Å². The Morgan fingerprint density at radius 1 is 1.16 bits per heavy atom. The molecule has 0 bridgehead atoms. The number of carbonyl (C=O) groups is 2. The Morgan fingerprint density at radius 2 is 1.89 bits per heavy atom. The molecule has 13 heteroatoms. The topological polar surface area (TPSA) is 111 Å². The lowest BCUT2D eigenvalue weighted by Crippen LogP contribution is -2.40. The fourth-order valence-electron chi connectivity index (χ4n) is 4.12. The molecule has 4 heterocycles. The minimum Gasteiger partial charge on any atom is -0.465 e. The number of hydrogen-bond donors (Lipinski definition) is 1. The van der Waals surface area contributed by atoms with Crippen molar-refractivity contribution in [3.8, 4) is 11.4 Å². The quantitative estimate of drug-likeness (QED) is 0.485. The van der Waals surface area contributed by atoms with Crippen molar-refractivity contribution in [3.63, 3.8) is 0 Å². The van der Waals surface area contributed by atoms with Gasteiger partial charge in [0.15, 0.2) is 11.6 Å². The second-order valence-corrected chi connectivity index (χ2v) is 10.1. The average Bonchev–Trinajstić information content (AvgIpc) is 3.31. The van der Waals surface area contributed by atoms with E-state index in [1.807, 2.05) is 4.90 Å². The van der Waals surface area contributed by atoms with E-state index >= 15 is 0 Å². The first-order valence-corrected chi connectivity index (χ1v) is 12.0. The number of alkyl halides is 3.